The number of benzene rings is 2. The van der Waals surface area contributed by atoms with Crippen LogP contribution >= 0.6 is 0 Å². The van der Waals surface area contributed by atoms with Crippen molar-refractivity contribution in [3.8, 4) is 11.5 Å². The number of pyridine rings is 1. The van der Waals surface area contributed by atoms with Crippen LogP contribution in [0.1, 0.15) is 67.0 Å². The van der Waals surface area contributed by atoms with Crippen LogP contribution in [0.15, 0.2) is 54.6 Å². The number of carbonyl (C=O) groups is 1. The van der Waals surface area contributed by atoms with Crippen LogP contribution in [0, 0.1) is 18.8 Å². The van der Waals surface area contributed by atoms with E-state index >= 15 is 0 Å². The molecule has 0 radical (unpaired) electrons. The molecule has 1 saturated carbocycles. The molecule has 0 N–H and O–H groups in total. The van der Waals surface area contributed by atoms with Gasteiger partial charge in [0, 0.05) is 31.8 Å². The molecule has 40 heavy (non-hydrogen) atoms. The highest BCUT2D eigenvalue weighted by atomic mass is 19.4. The van der Waals surface area contributed by atoms with Gasteiger partial charge < -0.3 is 14.4 Å². The maximum atomic E-state index is 14.5. The monoisotopic (exact) mass is 554 g/mol. The second-order valence-electron chi connectivity index (χ2n) is 10.9. The lowest BCUT2D eigenvalue weighted by molar-refractivity contribution is -0.140. The largest absolute Gasteiger partial charge is 0.497 e. The molecule has 214 valence electrons. The Morgan fingerprint density at radius 2 is 1.48 bits per heavy atom. The number of aromatic nitrogens is 1. The van der Waals surface area contributed by atoms with Gasteiger partial charge in [-0.1, -0.05) is 38.1 Å². The van der Waals surface area contributed by atoms with Gasteiger partial charge in [-0.15, -0.1) is 0 Å². The number of anilines is 1. The van der Waals surface area contributed by atoms with Crippen molar-refractivity contribution >= 4 is 11.6 Å². The minimum absolute atomic E-state index is 0.00629. The van der Waals surface area contributed by atoms with Gasteiger partial charge in [-0.05, 0) is 72.2 Å². The van der Waals surface area contributed by atoms with Crippen LogP contribution in [0.3, 0.4) is 0 Å². The van der Waals surface area contributed by atoms with Crippen molar-refractivity contribution < 1.29 is 27.4 Å². The van der Waals surface area contributed by atoms with Gasteiger partial charge in [0.15, 0.2) is 0 Å². The number of hydrogen-bond acceptors (Lipinski definition) is 5. The first kappa shape index (κ1) is 29.4. The van der Waals surface area contributed by atoms with Crippen molar-refractivity contribution in [1.82, 2.24) is 4.98 Å². The number of rotatable bonds is 9. The van der Waals surface area contributed by atoms with Gasteiger partial charge in [0.25, 0.3) is 0 Å². The average Bonchev–Trinajstić information content (AvgIpc) is 2.92. The molecule has 4 rings (SSSR count). The zero-order valence-corrected chi connectivity index (χ0v) is 23.7. The Morgan fingerprint density at radius 1 is 0.950 bits per heavy atom. The summed E-state index contributed by atoms with van der Waals surface area (Å²) in [6.45, 7) is 6.36. The molecule has 8 heteroatoms. The van der Waals surface area contributed by atoms with Crippen molar-refractivity contribution in [3.63, 3.8) is 0 Å². The van der Waals surface area contributed by atoms with Crippen molar-refractivity contribution in [2.75, 3.05) is 19.1 Å². The Bertz CT molecular complexity index is 1260. The lowest BCUT2D eigenvalue weighted by atomic mass is 9.70. The molecule has 1 heterocycles. The molecule has 0 bridgehead atoms. The Labute approximate surface area is 234 Å². The summed E-state index contributed by atoms with van der Waals surface area (Å²) in [7, 11) is 3.20. The van der Waals surface area contributed by atoms with E-state index in [4.69, 9.17) is 14.5 Å². The summed E-state index contributed by atoms with van der Waals surface area (Å²) >= 11 is 0. The summed E-state index contributed by atoms with van der Waals surface area (Å²) in [5, 5.41) is 0. The Kier molecular flexibility index (Phi) is 9.06. The highest BCUT2D eigenvalue weighted by Gasteiger charge is 2.42. The molecule has 3 aromatic rings. The molecule has 1 aliphatic rings. The van der Waals surface area contributed by atoms with Gasteiger partial charge in [-0.3, -0.25) is 4.79 Å². The number of aryl methyl sites for hydroxylation is 1. The summed E-state index contributed by atoms with van der Waals surface area (Å²) in [6.07, 6.45) is -3.52. The zero-order valence-electron chi connectivity index (χ0n) is 23.7. The number of carbonyl (C=O) groups excluding carboxylic acids is 1. The van der Waals surface area contributed by atoms with Gasteiger partial charge in [0.2, 0.25) is 0 Å². The molecule has 0 amide bonds. The van der Waals surface area contributed by atoms with E-state index in [1.165, 1.54) is 13.0 Å². The van der Waals surface area contributed by atoms with E-state index in [0.29, 0.717) is 31.7 Å². The van der Waals surface area contributed by atoms with Crippen LogP contribution in [0.4, 0.5) is 19.0 Å². The standard InChI is InChI=1S/C32H37F3N2O3/c1-20(2)27-15-10-24(38)17-28(27)31-30(32(33,34)35)21(3)16-29(36-31)37(18-22-6-11-25(39-4)12-7-22)19-23-8-13-26(40-5)14-9-23/h6-9,11-14,16,20,27-28H,10,15,17-19H2,1-5H3. The first-order chi connectivity index (χ1) is 19.0. The van der Waals surface area contributed by atoms with Gasteiger partial charge >= 0.3 is 6.18 Å². The fourth-order valence-corrected chi connectivity index (χ4v) is 5.72. The van der Waals surface area contributed by atoms with Crippen LogP contribution < -0.4 is 14.4 Å². The molecule has 1 aromatic heterocycles. The molecule has 0 saturated heterocycles. The number of hydrogen-bond donors (Lipinski definition) is 0. The molecular weight excluding hydrogens is 517 g/mol. The van der Waals surface area contributed by atoms with E-state index in [1.807, 2.05) is 67.3 Å². The van der Waals surface area contributed by atoms with Gasteiger partial charge in [0.05, 0.1) is 25.5 Å². The number of methoxy groups -OCH3 is 2. The quantitative estimate of drug-likeness (QED) is 0.271. The maximum Gasteiger partial charge on any atom is 0.418 e. The minimum atomic E-state index is -4.58. The molecule has 0 aliphatic heterocycles. The van der Waals surface area contributed by atoms with Crippen LogP contribution in [-0.2, 0) is 24.1 Å². The first-order valence-electron chi connectivity index (χ1n) is 13.6. The van der Waals surface area contributed by atoms with Gasteiger partial charge in [0.1, 0.15) is 23.1 Å². The highest BCUT2D eigenvalue weighted by Crippen LogP contribution is 2.46. The third kappa shape index (κ3) is 6.77. The van der Waals surface area contributed by atoms with Crippen molar-refractivity contribution in [2.24, 2.45) is 11.8 Å². The predicted octanol–water partition coefficient (Wildman–Crippen LogP) is 7.74. The van der Waals surface area contributed by atoms with Crippen LogP contribution in [0.2, 0.25) is 0 Å². The molecule has 0 spiro atoms. The predicted molar refractivity (Wildman–Crippen MR) is 150 cm³/mol. The summed E-state index contributed by atoms with van der Waals surface area (Å²) < 4.78 is 54.1. The van der Waals surface area contributed by atoms with Crippen LogP contribution in [0.25, 0.3) is 0 Å². The Hall–Kier alpha value is -3.55. The van der Waals surface area contributed by atoms with Crippen LogP contribution in [0.5, 0.6) is 11.5 Å². The number of nitrogens with zero attached hydrogens (tertiary/aromatic N) is 2. The van der Waals surface area contributed by atoms with Crippen molar-refractivity contribution in [1.29, 1.82) is 0 Å². The molecule has 5 nitrogen and oxygen atoms in total. The second kappa shape index (κ2) is 12.3. The summed E-state index contributed by atoms with van der Waals surface area (Å²) in [4.78, 5) is 19.3. The first-order valence-corrected chi connectivity index (χ1v) is 13.6. The third-order valence-corrected chi connectivity index (χ3v) is 7.83. The van der Waals surface area contributed by atoms with E-state index in [1.54, 1.807) is 14.2 Å². The van der Waals surface area contributed by atoms with Gasteiger partial charge in [-0.2, -0.15) is 13.2 Å². The molecule has 2 unspecified atom stereocenters. The van der Waals surface area contributed by atoms with E-state index < -0.39 is 17.7 Å². The number of Topliss-reactive ketones (excluding diaryl/α,β-unsaturated/α-hetero) is 1. The average molecular weight is 555 g/mol. The van der Waals surface area contributed by atoms with Crippen molar-refractivity contribution in [2.45, 2.75) is 65.2 Å². The molecule has 1 fully saturated rings. The highest BCUT2D eigenvalue weighted by molar-refractivity contribution is 5.80. The molecule has 2 aromatic carbocycles. The van der Waals surface area contributed by atoms with E-state index in [-0.39, 0.29) is 35.3 Å². The lowest BCUT2D eigenvalue weighted by Gasteiger charge is -2.36. The number of alkyl halides is 3. The molecule has 1 aliphatic carbocycles. The Balaban J connectivity index is 1.83. The van der Waals surface area contributed by atoms with E-state index in [2.05, 4.69) is 0 Å². The normalized spacial score (nSPS) is 17.7. The number of halogens is 3. The SMILES string of the molecule is COc1ccc(CN(Cc2ccc(OC)cc2)c2cc(C)c(C(F)(F)F)c(C3CC(=O)CCC3C(C)C)n2)cc1. The topological polar surface area (TPSA) is 51.7 Å². The lowest BCUT2D eigenvalue weighted by Crippen LogP contribution is -2.31. The number of ketones is 1. The number of ether oxygens (including phenoxy) is 2. The van der Waals surface area contributed by atoms with Crippen molar-refractivity contribution in [3.05, 3.63) is 82.5 Å². The fourth-order valence-electron chi connectivity index (χ4n) is 5.72. The third-order valence-electron chi connectivity index (χ3n) is 7.83. The maximum absolute atomic E-state index is 14.5. The molecular formula is C32H37F3N2O3. The smallest absolute Gasteiger partial charge is 0.418 e. The second-order valence-corrected chi connectivity index (χ2v) is 10.9. The van der Waals surface area contributed by atoms with Crippen LogP contribution in [-0.4, -0.2) is 25.0 Å². The summed E-state index contributed by atoms with van der Waals surface area (Å²) in [6, 6.07) is 16.7. The summed E-state index contributed by atoms with van der Waals surface area (Å²) in [5.41, 5.74) is 1.31. The minimum Gasteiger partial charge on any atom is -0.497 e. The van der Waals surface area contributed by atoms with Gasteiger partial charge in [-0.25, -0.2) is 4.98 Å². The van der Waals surface area contributed by atoms with E-state index in [9.17, 15) is 18.0 Å². The molecule has 2 atom stereocenters. The Morgan fingerprint density at radius 3 is 1.93 bits per heavy atom. The fraction of sp³-hybridized carbons (Fsp3) is 0.438. The zero-order chi connectivity index (χ0) is 29.0. The van der Waals surface area contributed by atoms with E-state index in [0.717, 1.165) is 22.6 Å². The summed E-state index contributed by atoms with van der Waals surface area (Å²) in [5.74, 6) is 1.37.